The van der Waals surface area contributed by atoms with E-state index in [1.54, 1.807) is 6.07 Å². The van der Waals surface area contributed by atoms with Crippen molar-refractivity contribution in [2.45, 2.75) is 50.0 Å². The molecule has 0 radical (unpaired) electrons. The molecule has 21 heavy (non-hydrogen) atoms. The van der Waals surface area contributed by atoms with Gasteiger partial charge in [-0.05, 0) is 55.2 Å². The molecule has 2 aliphatic rings. The molecule has 0 aliphatic heterocycles. The topological polar surface area (TPSA) is 70.0 Å². The first-order chi connectivity index (χ1) is 10.2. The number of aldehydes is 1. The maximum absolute atomic E-state index is 12.1. The Morgan fingerprint density at radius 3 is 2.71 bits per heavy atom. The van der Waals surface area contributed by atoms with Crippen LogP contribution in [0.4, 0.5) is 0 Å². The van der Waals surface area contributed by atoms with Gasteiger partial charge >= 0.3 is 0 Å². The van der Waals surface area contributed by atoms with E-state index in [4.69, 9.17) is 5.26 Å². The third kappa shape index (κ3) is 2.82. The zero-order valence-electron chi connectivity index (χ0n) is 11.9. The number of benzene rings is 1. The van der Waals surface area contributed by atoms with E-state index in [1.165, 1.54) is 0 Å². The Morgan fingerprint density at radius 2 is 2.19 bits per heavy atom. The summed E-state index contributed by atoms with van der Waals surface area (Å²) in [5.41, 5.74) is 2.07. The van der Waals surface area contributed by atoms with Crippen molar-refractivity contribution in [1.82, 2.24) is 5.32 Å². The number of carbonyl (C=O) groups is 2. The van der Waals surface area contributed by atoms with Gasteiger partial charge in [0.1, 0.15) is 6.29 Å². The number of rotatable bonds is 5. The van der Waals surface area contributed by atoms with Gasteiger partial charge in [-0.15, -0.1) is 0 Å². The van der Waals surface area contributed by atoms with E-state index in [0.717, 1.165) is 49.5 Å². The van der Waals surface area contributed by atoms with Crippen LogP contribution in [-0.2, 0) is 16.0 Å². The van der Waals surface area contributed by atoms with Gasteiger partial charge in [-0.1, -0.05) is 12.1 Å². The van der Waals surface area contributed by atoms with Crippen molar-refractivity contribution in [3.63, 3.8) is 0 Å². The molecule has 1 aromatic rings. The summed E-state index contributed by atoms with van der Waals surface area (Å²) in [7, 11) is 0. The van der Waals surface area contributed by atoms with E-state index in [9.17, 15) is 9.59 Å². The zero-order valence-corrected chi connectivity index (χ0v) is 11.9. The van der Waals surface area contributed by atoms with Crippen LogP contribution in [0, 0.1) is 11.3 Å². The lowest BCUT2D eigenvalue weighted by molar-refractivity contribution is -0.128. The van der Waals surface area contributed by atoms with E-state index in [1.807, 2.05) is 12.1 Å². The zero-order chi connectivity index (χ0) is 14.9. The fraction of sp³-hybridized carbons (Fsp3) is 0.471. The Hall–Kier alpha value is -2.15. The molecule has 0 atom stereocenters. The highest BCUT2D eigenvalue weighted by molar-refractivity contribution is 5.84. The van der Waals surface area contributed by atoms with Crippen LogP contribution in [0.1, 0.15) is 54.7 Å². The minimum Gasteiger partial charge on any atom is -0.344 e. The van der Waals surface area contributed by atoms with Crippen molar-refractivity contribution in [3.05, 3.63) is 34.9 Å². The van der Waals surface area contributed by atoms with Gasteiger partial charge in [0.05, 0.1) is 23.6 Å². The van der Waals surface area contributed by atoms with Gasteiger partial charge in [0, 0.05) is 0 Å². The maximum Gasteiger partial charge on any atom is 0.225 e. The van der Waals surface area contributed by atoms with Crippen LogP contribution >= 0.6 is 0 Å². The van der Waals surface area contributed by atoms with Crippen LogP contribution in [0.5, 0.6) is 0 Å². The summed E-state index contributed by atoms with van der Waals surface area (Å²) in [5.74, 6) is 0.365. The fourth-order valence-corrected chi connectivity index (χ4v) is 2.89. The molecular formula is C17H18N2O2. The molecular weight excluding hydrogens is 264 g/mol. The molecule has 3 rings (SSSR count). The van der Waals surface area contributed by atoms with Gasteiger partial charge in [-0.2, -0.15) is 5.26 Å². The number of nitrogens with one attached hydrogen (secondary N) is 1. The van der Waals surface area contributed by atoms with Crippen molar-refractivity contribution < 1.29 is 9.59 Å². The fourth-order valence-electron chi connectivity index (χ4n) is 2.89. The van der Waals surface area contributed by atoms with Crippen molar-refractivity contribution >= 4 is 12.2 Å². The second-order valence-corrected chi connectivity index (χ2v) is 6.16. The summed E-state index contributed by atoms with van der Waals surface area (Å²) in [6, 6.07) is 7.82. The van der Waals surface area contributed by atoms with Gasteiger partial charge in [0.2, 0.25) is 5.91 Å². The number of carbonyl (C=O) groups excluding carboxylic acids is 2. The highest BCUT2D eigenvalue weighted by atomic mass is 16.2. The summed E-state index contributed by atoms with van der Waals surface area (Å²) in [6.07, 6.45) is 5.84. The predicted octanol–water partition coefficient (Wildman–Crippen LogP) is 2.22. The van der Waals surface area contributed by atoms with Crippen LogP contribution in [0.2, 0.25) is 0 Å². The average molecular weight is 282 g/mol. The molecule has 2 fully saturated rings. The summed E-state index contributed by atoms with van der Waals surface area (Å²) < 4.78 is 0. The van der Waals surface area contributed by atoms with Crippen LogP contribution in [0.15, 0.2) is 18.2 Å². The maximum atomic E-state index is 12.1. The van der Waals surface area contributed by atoms with Gasteiger partial charge in [-0.25, -0.2) is 0 Å². The molecule has 108 valence electrons. The monoisotopic (exact) mass is 282 g/mol. The summed E-state index contributed by atoms with van der Waals surface area (Å²) in [5, 5.41) is 12.0. The highest BCUT2D eigenvalue weighted by Gasteiger charge is 2.38. The van der Waals surface area contributed by atoms with Crippen LogP contribution in [0.3, 0.4) is 0 Å². The molecule has 4 heteroatoms. The summed E-state index contributed by atoms with van der Waals surface area (Å²) in [6.45, 7) is 0. The molecule has 0 unspecified atom stereocenters. The molecule has 0 heterocycles. The molecule has 1 aromatic carbocycles. The number of amides is 1. The van der Waals surface area contributed by atoms with E-state index in [-0.39, 0.29) is 12.3 Å². The van der Waals surface area contributed by atoms with Crippen molar-refractivity contribution in [3.8, 4) is 6.07 Å². The molecule has 4 nitrogen and oxygen atoms in total. The highest BCUT2D eigenvalue weighted by Crippen LogP contribution is 2.41. The number of nitrogens with zero attached hydrogens (tertiary/aromatic N) is 1. The quantitative estimate of drug-likeness (QED) is 0.842. The van der Waals surface area contributed by atoms with Gasteiger partial charge in [0.25, 0.3) is 0 Å². The smallest absolute Gasteiger partial charge is 0.225 e. The van der Waals surface area contributed by atoms with Gasteiger partial charge in [0.15, 0.2) is 0 Å². The molecule has 1 N–H and O–H groups in total. The van der Waals surface area contributed by atoms with Crippen molar-refractivity contribution in [2.24, 2.45) is 0 Å². The third-order valence-electron chi connectivity index (χ3n) is 4.48. The van der Waals surface area contributed by atoms with Crippen molar-refractivity contribution in [2.75, 3.05) is 0 Å². The Balaban J connectivity index is 1.70. The molecule has 2 aliphatic carbocycles. The SMILES string of the molecule is N#Cc1ccc(CC(=O)NC2(C=O)CCC2)cc1C1CC1. The Bertz CT molecular complexity index is 622. The number of hydrogen-bond donors (Lipinski definition) is 1. The van der Waals surface area contributed by atoms with E-state index < -0.39 is 5.54 Å². The second-order valence-electron chi connectivity index (χ2n) is 6.16. The molecule has 0 aromatic heterocycles. The standard InChI is InChI=1S/C17H18N2O2/c18-10-14-3-2-12(8-15(14)13-4-5-13)9-16(21)19-17(11-20)6-1-7-17/h2-3,8,11,13H,1,4-7,9H2,(H,19,21). The first kappa shape index (κ1) is 13.8. The molecule has 0 bridgehead atoms. The van der Waals surface area contributed by atoms with Crippen LogP contribution < -0.4 is 5.32 Å². The van der Waals surface area contributed by atoms with E-state index in [0.29, 0.717) is 11.5 Å². The van der Waals surface area contributed by atoms with Crippen LogP contribution in [0.25, 0.3) is 0 Å². The average Bonchev–Trinajstić information content (AvgIpc) is 3.27. The van der Waals surface area contributed by atoms with Crippen LogP contribution in [-0.4, -0.2) is 17.7 Å². The number of nitriles is 1. The predicted molar refractivity (Wildman–Crippen MR) is 77.6 cm³/mol. The number of hydrogen-bond acceptors (Lipinski definition) is 3. The Labute approximate surface area is 124 Å². The molecule has 0 spiro atoms. The Morgan fingerprint density at radius 1 is 1.43 bits per heavy atom. The van der Waals surface area contributed by atoms with Crippen molar-refractivity contribution in [1.29, 1.82) is 5.26 Å². The van der Waals surface area contributed by atoms with E-state index in [2.05, 4.69) is 11.4 Å². The lowest BCUT2D eigenvalue weighted by Crippen LogP contribution is -2.55. The molecule has 1 amide bonds. The normalized spacial score (nSPS) is 19.2. The summed E-state index contributed by atoms with van der Waals surface area (Å²) >= 11 is 0. The first-order valence-electron chi connectivity index (χ1n) is 7.46. The van der Waals surface area contributed by atoms with Gasteiger partial charge in [-0.3, -0.25) is 4.79 Å². The largest absolute Gasteiger partial charge is 0.344 e. The second kappa shape index (κ2) is 5.33. The molecule has 0 saturated heterocycles. The summed E-state index contributed by atoms with van der Waals surface area (Å²) in [4.78, 5) is 23.2. The lowest BCUT2D eigenvalue weighted by atomic mass is 9.78. The first-order valence-corrected chi connectivity index (χ1v) is 7.46. The van der Waals surface area contributed by atoms with Gasteiger partial charge < -0.3 is 10.1 Å². The molecule has 2 saturated carbocycles. The minimum atomic E-state index is -0.622. The minimum absolute atomic E-state index is 0.117. The van der Waals surface area contributed by atoms with E-state index >= 15 is 0 Å². The third-order valence-corrected chi connectivity index (χ3v) is 4.48. The lowest BCUT2D eigenvalue weighted by Gasteiger charge is -2.37. The Kier molecular flexibility index (Phi) is 3.50.